The molecule has 0 spiro atoms. The fourth-order valence-corrected chi connectivity index (χ4v) is 3.47. The highest BCUT2D eigenvalue weighted by Crippen LogP contribution is 2.30. The summed E-state index contributed by atoms with van der Waals surface area (Å²) in [6.07, 6.45) is -6.45. The molecule has 0 bridgehead atoms. The molecule has 0 atom stereocenters. The van der Waals surface area contributed by atoms with E-state index in [-0.39, 0.29) is 15.0 Å². The highest BCUT2D eigenvalue weighted by Gasteiger charge is 2.28. The molecule has 11 heteroatoms. The molecule has 1 N–H and O–H groups in total. The predicted octanol–water partition coefficient (Wildman–Crippen LogP) is 2.66. The molecule has 0 unspecified atom stereocenters. The number of rotatable bonds is 4. The first-order valence-electron chi connectivity index (χ1n) is 4.78. The van der Waals surface area contributed by atoms with E-state index in [2.05, 4.69) is 10.3 Å². The second kappa shape index (κ2) is 5.63. The largest absolute Gasteiger partial charge is 0.389 e. The number of aryl methyl sites for hydroxylation is 1. The summed E-state index contributed by atoms with van der Waals surface area (Å²) < 4.78 is 57.6. The van der Waals surface area contributed by atoms with Crippen molar-refractivity contribution in [3.8, 4) is 0 Å². The fraction of sp³-hybridized carbons (Fsp3) is 0.500. The minimum Gasteiger partial charge on any atom is -0.302 e. The highest BCUT2D eigenvalue weighted by molar-refractivity contribution is 8.15. The minimum absolute atomic E-state index is 0.0751. The average Bonchev–Trinajstić information content (AvgIpc) is 2.55. The molecule has 1 aromatic rings. The van der Waals surface area contributed by atoms with Crippen LogP contribution in [0.2, 0.25) is 0 Å². The third-order valence-corrected chi connectivity index (χ3v) is 5.11. The molecule has 1 heterocycles. The number of aromatic nitrogens is 1. The van der Waals surface area contributed by atoms with Gasteiger partial charge in [-0.25, -0.2) is 13.4 Å². The number of anilines is 1. The second-order valence-corrected chi connectivity index (χ2v) is 7.25. The average molecular weight is 337 g/mol. The van der Waals surface area contributed by atoms with Crippen molar-refractivity contribution in [2.75, 3.05) is 5.32 Å². The van der Waals surface area contributed by atoms with Gasteiger partial charge in [0.2, 0.25) is 5.91 Å². The lowest BCUT2D eigenvalue weighted by Gasteiger charge is -2.05. The molecule has 19 heavy (non-hydrogen) atoms. The number of halogens is 4. The first-order chi connectivity index (χ1) is 8.49. The Hall–Kier alpha value is -0.870. The van der Waals surface area contributed by atoms with Gasteiger partial charge in [0.25, 0.3) is 9.05 Å². The molecule has 1 aromatic heterocycles. The summed E-state index contributed by atoms with van der Waals surface area (Å²) in [7, 11) is 1.13. The van der Waals surface area contributed by atoms with Crippen molar-refractivity contribution in [3.63, 3.8) is 0 Å². The van der Waals surface area contributed by atoms with Gasteiger partial charge in [-0.1, -0.05) is 11.3 Å². The maximum absolute atomic E-state index is 11.9. The monoisotopic (exact) mass is 336 g/mol. The number of carbonyl (C=O) groups excluding carboxylic acids is 1. The van der Waals surface area contributed by atoms with E-state index in [4.69, 9.17) is 10.7 Å². The zero-order chi connectivity index (χ0) is 14.8. The number of nitrogens with zero attached hydrogens (tertiary/aromatic N) is 1. The van der Waals surface area contributed by atoms with Crippen LogP contribution >= 0.6 is 22.0 Å². The van der Waals surface area contributed by atoms with Crippen LogP contribution in [0.4, 0.5) is 18.3 Å². The number of carbonyl (C=O) groups is 1. The van der Waals surface area contributed by atoms with Crippen LogP contribution in [0.25, 0.3) is 0 Å². The summed E-state index contributed by atoms with van der Waals surface area (Å²) in [5, 5.41) is 1.99. The molecule has 1 amide bonds. The number of hydrogen-bond acceptors (Lipinski definition) is 5. The smallest absolute Gasteiger partial charge is 0.302 e. The summed E-state index contributed by atoms with van der Waals surface area (Å²) in [4.78, 5) is 14.9. The van der Waals surface area contributed by atoms with Crippen LogP contribution in [0.5, 0.6) is 0 Å². The van der Waals surface area contributed by atoms with Crippen LogP contribution in [-0.2, 0) is 13.8 Å². The van der Waals surface area contributed by atoms with Crippen LogP contribution in [-0.4, -0.2) is 25.5 Å². The molecule has 0 aromatic carbocycles. The Morgan fingerprint density at radius 2 is 2.05 bits per heavy atom. The molecule has 0 saturated carbocycles. The Morgan fingerprint density at radius 3 is 2.47 bits per heavy atom. The first-order valence-corrected chi connectivity index (χ1v) is 7.90. The van der Waals surface area contributed by atoms with Crippen LogP contribution in [0, 0.1) is 6.92 Å². The van der Waals surface area contributed by atoms with E-state index in [1.807, 2.05) is 0 Å². The van der Waals surface area contributed by atoms with Crippen molar-refractivity contribution < 1.29 is 26.4 Å². The number of alkyl halides is 3. The third kappa shape index (κ3) is 5.33. The molecule has 1 rings (SSSR count). The summed E-state index contributed by atoms with van der Waals surface area (Å²) in [5.41, 5.74) is 0.0751. The maximum Gasteiger partial charge on any atom is 0.389 e. The van der Waals surface area contributed by atoms with Crippen LogP contribution < -0.4 is 5.32 Å². The van der Waals surface area contributed by atoms with Gasteiger partial charge >= 0.3 is 6.18 Å². The van der Waals surface area contributed by atoms with Crippen LogP contribution in [0.15, 0.2) is 4.21 Å². The Morgan fingerprint density at radius 1 is 1.47 bits per heavy atom. The lowest BCUT2D eigenvalue weighted by atomic mass is 10.3. The minimum atomic E-state index is -4.43. The van der Waals surface area contributed by atoms with E-state index in [1.54, 1.807) is 0 Å². The van der Waals surface area contributed by atoms with Gasteiger partial charge in [-0.15, -0.1) is 0 Å². The number of amides is 1. The van der Waals surface area contributed by atoms with Crippen molar-refractivity contribution in [3.05, 3.63) is 5.69 Å². The van der Waals surface area contributed by atoms with Crippen molar-refractivity contribution in [1.29, 1.82) is 0 Å². The molecule has 5 nitrogen and oxygen atoms in total. The molecule has 0 aliphatic carbocycles. The number of hydrogen-bond donors (Lipinski definition) is 1. The molecule has 0 aliphatic rings. The second-order valence-electron chi connectivity index (χ2n) is 3.49. The highest BCUT2D eigenvalue weighted by atomic mass is 35.7. The van der Waals surface area contributed by atoms with Crippen molar-refractivity contribution in [2.45, 2.75) is 30.2 Å². The van der Waals surface area contributed by atoms with E-state index in [9.17, 15) is 26.4 Å². The predicted molar refractivity (Wildman–Crippen MR) is 63.8 cm³/mol. The Bertz CT molecular complexity index is 583. The SMILES string of the molecule is Cc1nc(NC(=O)CCC(F)(F)F)sc1S(=O)(=O)Cl. The first kappa shape index (κ1) is 16.2. The standard InChI is InChI=1S/C8H8ClF3N2O3S2/c1-4-6(19(9,16)17)18-7(13-4)14-5(15)2-3-8(10,11)12/h2-3H2,1H3,(H,13,14,15). The Balaban J connectivity index is 2.71. The third-order valence-electron chi connectivity index (χ3n) is 1.86. The van der Waals surface area contributed by atoms with Crippen molar-refractivity contribution >= 4 is 42.1 Å². The van der Waals surface area contributed by atoms with Gasteiger partial charge in [0.1, 0.15) is 0 Å². The van der Waals surface area contributed by atoms with Gasteiger partial charge in [0.05, 0.1) is 12.1 Å². The normalized spacial score (nSPS) is 12.5. The van der Waals surface area contributed by atoms with Gasteiger partial charge in [0.15, 0.2) is 9.34 Å². The van der Waals surface area contributed by atoms with E-state index in [0.717, 1.165) is 0 Å². The molecule has 0 fully saturated rings. The van der Waals surface area contributed by atoms with Gasteiger partial charge < -0.3 is 5.32 Å². The molecular formula is C8H8ClF3N2O3S2. The van der Waals surface area contributed by atoms with Gasteiger partial charge in [-0.2, -0.15) is 13.2 Å². The van der Waals surface area contributed by atoms with Gasteiger partial charge in [-0.3, -0.25) is 4.79 Å². The topological polar surface area (TPSA) is 76.1 Å². The van der Waals surface area contributed by atoms with Gasteiger partial charge in [0, 0.05) is 17.1 Å². The molecular weight excluding hydrogens is 329 g/mol. The van der Waals surface area contributed by atoms with E-state index in [1.165, 1.54) is 6.92 Å². The van der Waals surface area contributed by atoms with E-state index >= 15 is 0 Å². The van der Waals surface area contributed by atoms with Crippen LogP contribution in [0.1, 0.15) is 18.5 Å². The molecule has 0 aliphatic heterocycles. The lowest BCUT2D eigenvalue weighted by molar-refractivity contribution is -0.142. The fourth-order valence-electron chi connectivity index (χ4n) is 1.10. The summed E-state index contributed by atoms with van der Waals surface area (Å²) in [5.74, 6) is -0.899. The molecule has 108 valence electrons. The number of thiazole rings is 1. The number of nitrogens with one attached hydrogen (secondary N) is 1. The summed E-state index contributed by atoms with van der Waals surface area (Å²) in [6, 6.07) is 0. The zero-order valence-corrected chi connectivity index (χ0v) is 11.8. The Kier molecular flexibility index (Phi) is 4.80. The zero-order valence-electron chi connectivity index (χ0n) is 9.41. The van der Waals surface area contributed by atoms with Crippen LogP contribution in [0.3, 0.4) is 0 Å². The van der Waals surface area contributed by atoms with Crippen molar-refractivity contribution in [2.24, 2.45) is 0 Å². The van der Waals surface area contributed by atoms with E-state index < -0.39 is 34.0 Å². The maximum atomic E-state index is 11.9. The lowest BCUT2D eigenvalue weighted by Crippen LogP contribution is -2.16. The molecule has 0 saturated heterocycles. The Labute approximate surface area is 115 Å². The van der Waals surface area contributed by atoms with E-state index in [0.29, 0.717) is 11.3 Å². The van der Waals surface area contributed by atoms with Crippen molar-refractivity contribution in [1.82, 2.24) is 4.98 Å². The van der Waals surface area contributed by atoms with Gasteiger partial charge in [-0.05, 0) is 6.92 Å². The molecule has 0 radical (unpaired) electrons. The quantitative estimate of drug-likeness (QED) is 0.858. The summed E-state index contributed by atoms with van der Waals surface area (Å²) >= 11 is 0.584. The summed E-state index contributed by atoms with van der Waals surface area (Å²) in [6.45, 7) is 1.36.